The first-order valence-electron chi connectivity index (χ1n) is 6.17. The number of Topliss-reactive ketones (excluding diaryl/α,β-unsaturated/α-hetero) is 1. The second-order valence-electron chi connectivity index (χ2n) is 4.21. The van der Waals surface area contributed by atoms with E-state index in [1.165, 1.54) is 17.8 Å². The number of carbonyl (C=O) groups is 1. The molecule has 0 saturated heterocycles. The number of hydrogen-bond donors (Lipinski definition) is 0. The number of rotatable bonds is 7. The third kappa shape index (κ3) is 4.41. The van der Waals surface area contributed by atoms with E-state index < -0.39 is 11.6 Å². The molecule has 1 nitrogen and oxygen atoms in total. The molecule has 0 spiro atoms. The van der Waals surface area contributed by atoms with Crippen LogP contribution in [0.3, 0.4) is 0 Å². The number of unbranched alkanes of at least 4 members (excludes halogenated alkanes) is 2. The smallest absolute Gasteiger partial charge is 0.178 e. The molecule has 18 heavy (non-hydrogen) atoms. The van der Waals surface area contributed by atoms with Gasteiger partial charge in [-0.1, -0.05) is 19.8 Å². The van der Waals surface area contributed by atoms with Gasteiger partial charge in [0.25, 0.3) is 0 Å². The molecule has 0 aromatic heterocycles. The van der Waals surface area contributed by atoms with Gasteiger partial charge in [-0.15, -0.1) is 0 Å². The molecule has 0 amide bonds. The zero-order valence-electron chi connectivity index (χ0n) is 10.7. The van der Waals surface area contributed by atoms with Crippen LogP contribution in [0.5, 0.6) is 0 Å². The summed E-state index contributed by atoms with van der Waals surface area (Å²) in [7, 11) is 0. The van der Waals surface area contributed by atoms with E-state index in [4.69, 9.17) is 0 Å². The van der Waals surface area contributed by atoms with Gasteiger partial charge in [-0.05, 0) is 31.2 Å². The maximum Gasteiger partial charge on any atom is 0.178 e. The second-order valence-corrected chi connectivity index (χ2v) is 5.66. The van der Waals surface area contributed by atoms with Gasteiger partial charge < -0.3 is 0 Å². The van der Waals surface area contributed by atoms with Crippen molar-refractivity contribution in [1.29, 1.82) is 0 Å². The van der Waals surface area contributed by atoms with Crippen molar-refractivity contribution in [2.45, 2.75) is 38.4 Å². The van der Waals surface area contributed by atoms with Crippen LogP contribution in [0.4, 0.5) is 8.78 Å². The minimum atomic E-state index is -0.777. The molecule has 1 unspecified atom stereocenters. The van der Waals surface area contributed by atoms with Crippen molar-refractivity contribution in [2.24, 2.45) is 0 Å². The number of ketones is 1. The van der Waals surface area contributed by atoms with E-state index in [0.717, 1.165) is 37.1 Å². The van der Waals surface area contributed by atoms with Crippen LogP contribution in [0.25, 0.3) is 0 Å². The summed E-state index contributed by atoms with van der Waals surface area (Å²) in [6.45, 7) is 3.88. The van der Waals surface area contributed by atoms with Crippen LogP contribution < -0.4 is 0 Å². The topological polar surface area (TPSA) is 17.1 Å². The van der Waals surface area contributed by atoms with Crippen molar-refractivity contribution in [2.75, 3.05) is 5.75 Å². The fourth-order valence-electron chi connectivity index (χ4n) is 1.60. The summed E-state index contributed by atoms with van der Waals surface area (Å²) in [5.41, 5.74) is -0.0214. The maximum absolute atomic E-state index is 13.4. The van der Waals surface area contributed by atoms with E-state index in [-0.39, 0.29) is 16.6 Å². The minimum Gasteiger partial charge on any atom is -0.293 e. The number of thioether (sulfide) groups is 1. The van der Waals surface area contributed by atoms with Gasteiger partial charge in [-0.3, -0.25) is 4.79 Å². The molecule has 0 bridgehead atoms. The summed E-state index contributed by atoms with van der Waals surface area (Å²) in [6, 6.07) is 3.09. The average molecular weight is 272 g/mol. The van der Waals surface area contributed by atoms with Gasteiger partial charge in [0.05, 0.1) is 10.8 Å². The Morgan fingerprint density at radius 3 is 2.67 bits per heavy atom. The lowest BCUT2D eigenvalue weighted by molar-refractivity contribution is 0.0990. The van der Waals surface area contributed by atoms with Crippen LogP contribution in [0.1, 0.15) is 43.5 Å². The SMILES string of the molecule is CCCCCSC(C)C(=O)c1ccc(F)cc1F. The molecule has 4 heteroatoms. The number of halogens is 2. The van der Waals surface area contributed by atoms with Crippen molar-refractivity contribution >= 4 is 17.5 Å². The van der Waals surface area contributed by atoms with Gasteiger partial charge in [-0.25, -0.2) is 8.78 Å². The van der Waals surface area contributed by atoms with Crippen molar-refractivity contribution in [3.8, 4) is 0 Å². The Labute approximate surface area is 111 Å². The molecule has 0 heterocycles. The first kappa shape index (κ1) is 15.2. The van der Waals surface area contributed by atoms with Crippen LogP contribution >= 0.6 is 11.8 Å². The second kappa shape index (κ2) is 7.52. The van der Waals surface area contributed by atoms with E-state index in [9.17, 15) is 13.6 Å². The molecule has 1 rings (SSSR count). The normalized spacial score (nSPS) is 12.4. The Morgan fingerprint density at radius 1 is 1.33 bits per heavy atom. The standard InChI is InChI=1S/C14H18F2OS/c1-3-4-5-8-18-10(2)14(17)12-7-6-11(15)9-13(12)16/h6-7,9-10H,3-5,8H2,1-2H3. The number of benzene rings is 1. The molecule has 0 N–H and O–H groups in total. The van der Waals surface area contributed by atoms with Crippen molar-refractivity contribution in [3.05, 3.63) is 35.4 Å². The lowest BCUT2D eigenvalue weighted by Gasteiger charge is -2.10. The van der Waals surface area contributed by atoms with Gasteiger partial charge >= 0.3 is 0 Å². The van der Waals surface area contributed by atoms with Gasteiger partial charge in [0.15, 0.2) is 5.78 Å². The predicted octanol–water partition coefficient (Wildman–Crippen LogP) is 4.46. The quantitative estimate of drug-likeness (QED) is 0.538. The van der Waals surface area contributed by atoms with Gasteiger partial charge in [0, 0.05) is 6.07 Å². The van der Waals surface area contributed by atoms with E-state index in [2.05, 4.69) is 6.92 Å². The third-order valence-electron chi connectivity index (χ3n) is 2.68. The molecule has 0 saturated carbocycles. The molecule has 0 aliphatic heterocycles. The zero-order valence-corrected chi connectivity index (χ0v) is 11.5. The van der Waals surface area contributed by atoms with Gasteiger partial charge in [0.2, 0.25) is 0 Å². The lowest BCUT2D eigenvalue weighted by atomic mass is 10.1. The summed E-state index contributed by atoms with van der Waals surface area (Å²) in [5, 5.41) is -0.290. The minimum absolute atomic E-state index is 0.0214. The first-order valence-corrected chi connectivity index (χ1v) is 7.22. The Kier molecular flexibility index (Phi) is 6.33. The summed E-state index contributed by atoms with van der Waals surface area (Å²) in [4.78, 5) is 12.0. The molecule has 1 atom stereocenters. The van der Waals surface area contributed by atoms with Crippen LogP contribution in [0.15, 0.2) is 18.2 Å². The van der Waals surface area contributed by atoms with Gasteiger partial charge in [0.1, 0.15) is 11.6 Å². The molecule has 0 aliphatic rings. The summed E-state index contributed by atoms with van der Waals surface area (Å²) < 4.78 is 26.2. The van der Waals surface area contributed by atoms with Gasteiger partial charge in [-0.2, -0.15) is 11.8 Å². The fourth-order valence-corrected chi connectivity index (χ4v) is 2.60. The molecular formula is C14H18F2OS. The predicted molar refractivity (Wildman–Crippen MR) is 72.1 cm³/mol. The first-order chi connectivity index (χ1) is 8.56. The summed E-state index contributed by atoms with van der Waals surface area (Å²) in [6.07, 6.45) is 3.33. The lowest BCUT2D eigenvalue weighted by Crippen LogP contribution is -2.16. The fraction of sp³-hybridized carbons (Fsp3) is 0.500. The highest BCUT2D eigenvalue weighted by Crippen LogP contribution is 2.20. The maximum atomic E-state index is 13.4. The molecule has 1 aromatic carbocycles. The van der Waals surface area contributed by atoms with Crippen LogP contribution in [-0.2, 0) is 0 Å². The molecule has 0 radical (unpaired) electrons. The zero-order chi connectivity index (χ0) is 13.5. The van der Waals surface area contributed by atoms with Crippen molar-refractivity contribution < 1.29 is 13.6 Å². The Hall–Kier alpha value is -0.900. The van der Waals surface area contributed by atoms with Crippen LogP contribution in [-0.4, -0.2) is 16.8 Å². The number of hydrogen-bond acceptors (Lipinski definition) is 2. The van der Waals surface area contributed by atoms with E-state index in [0.29, 0.717) is 0 Å². The van der Waals surface area contributed by atoms with Crippen molar-refractivity contribution in [1.82, 2.24) is 0 Å². The molecule has 100 valence electrons. The molecular weight excluding hydrogens is 254 g/mol. The van der Waals surface area contributed by atoms with E-state index in [1.807, 2.05) is 0 Å². The Bertz CT molecular complexity index is 407. The van der Waals surface area contributed by atoms with E-state index in [1.54, 1.807) is 6.92 Å². The number of carbonyl (C=O) groups excluding carboxylic acids is 1. The summed E-state index contributed by atoms with van der Waals surface area (Å²) >= 11 is 1.52. The Balaban J connectivity index is 2.57. The molecule has 1 aromatic rings. The highest BCUT2D eigenvalue weighted by Gasteiger charge is 2.19. The highest BCUT2D eigenvalue weighted by atomic mass is 32.2. The molecule has 0 fully saturated rings. The monoisotopic (exact) mass is 272 g/mol. The third-order valence-corrected chi connectivity index (χ3v) is 3.92. The largest absolute Gasteiger partial charge is 0.293 e. The van der Waals surface area contributed by atoms with Crippen LogP contribution in [0, 0.1) is 11.6 Å². The molecule has 0 aliphatic carbocycles. The Morgan fingerprint density at radius 2 is 2.06 bits per heavy atom. The van der Waals surface area contributed by atoms with Crippen LogP contribution in [0.2, 0.25) is 0 Å². The average Bonchev–Trinajstić information content (AvgIpc) is 2.33. The van der Waals surface area contributed by atoms with Crippen molar-refractivity contribution in [3.63, 3.8) is 0 Å². The summed E-state index contributed by atoms with van der Waals surface area (Å²) in [5.74, 6) is -0.814. The highest BCUT2D eigenvalue weighted by molar-refractivity contribution is 8.00. The van der Waals surface area contributed by atoms with E-state index >= 15 is 0 Å².